The maximum Gasteiger partial charge on any atom is 0.222 e. The predicted molar refractivity (Wildman–Crippen MR) is 127 cm³/mol. The first-order valence-electron chi connectivity index (χ1n) is 12.0. The number of likely N-dealkylation sites (tertiary alicyclic amines) is 2. The zero-order valence-corrected chi connectivity index (χ0v) is 19.8. The number of carbonyl (C=O) groups excluding carboxylic acids is 1. The number of methoxy groups -OCH3 is 2. The van der Waals surface area contributed by atoms with Crippen molar-refractivity contribution in [3.8, 4) is 11.5 Å². The fraction of sp³-hybridized carbons (Fsp3) is 0.519. The quantitative estimate of drug-likeness (QED) is 0.601. The van der Waals surface area contributed by atoms with E-state index in [0.717, 1.165) is 74.5 Å². The molecule has 33 heavy (non-hydrogen) atoms. The fourth-order valence-corrected chi connectivity index (χ4v) is 5.55. The van der Waals surface area contributed by atoms with Crippen LogP contribution in [0, 0.1) is 5.82 Å². The Morgan fingerprint density at radius 3 is 2.58 bits per heavy atom. The molecule has 0 aromatic heterocycles. The van der Waals surface area contributed by atoms with Gasteiger partial charge >= 0.3 is 0 Å². The number of hydrogen-bond donors (Lipinski definition) is 0. The van der Waals surface area contributed by atoms with Crippen molar-refractivity contribution in [3.63, 3.8) is 0 Å². The molecule has 2 heterocycles. The Labute approximate surface area is 196 Å². The summed E-state index contributed by atoms with van der Waals surface area (Å²) in [7, 11) is 3.28. The van der Waals surface area contributed by atoms with E-state index in [0.29, 0.717) is 12.8 Å². The first kappa shape index (κ1) is 23.6. The van der Waals surface area contributed by atoms with E-state index in [2.05, 4.69) is 4.90 Å². The van der Waals surface area contributed by atoms with Gasteiger partial charge in [-0.1, -0.05) is 18.2 Å². The smallest absolute Gasteiger partial charge is 0.222 e. The number of aryl methyl sites for hydroxylation is 1. The van der Waals surface area contributed by atoms with Crippen molar-refractivity contribution in [2.45, 2.75) is 57.0 Å². The largest absolute Gasteiger partial charge is 0.497 e. The highest BCUT2D eigenvalue weighted by atomic mass is 19.1. The van der Waals surface area contributed by atoms with Crippen molar-refractivity contribution in [1.29, 1.82) is 0 Å². The molecule has 2 aliphatic rings. The van der Waals surface area contributed by atoms with Crippen molar-refractivity contribution in [2.24, 2.45) is 0 Å². The van der Waals surface area contributed by atoms with Crippen molar-refractivity contribution in [3.05, 3.63) is 59.4 Å². The van der Waals surface area contributed by atoms with E-state index < -0.39 is 0 Å². The molecule has 1 amide bonds. The van der Waals surface area contributed by atoms with Gasteiger partial charge < -0.3 is 14.4 Å². The second-order valence-electron chi connectivity index (χ2n) is 9.29. The Kier molecular flexibility index (Phi) is 7.53. The van der Waals surface area contributed by atoms with Gasteiger partial charge in [0, 0.05) is 37.7 Å². The van der Waals surface area contributed by atoms with E-state index in [9.17, 15) is 9.18 Å². The van der Waals surface area contributed by atoms with Crippen LogP contribution in [0.25, 0.3) is 0 Å². The summed E-state index contributed by atoms with van der Waals surface area (Å²) in [5.74, 6) is 1.54. The Morgan fingerprint density at radius 1 is 1.00 bits per heavy atom. The van der Waals surface area contributed by atoms with Crippen LogP contribution in [0.3, 0.4) is 0 Å². The lowest BCUT2D eigenvalue weighted by atomic mass is 9.87. The van der Waals surface area contributed by atoms with Gasteiger partial charge in [0.15, 0.2) is 0 Å². The summed E-state index contributed by atoms with van der Waals surface area (Å²) in [6.07, 6.45) is 6.55. The standard InChI is InChI=1S/C27H35FN2O3/c1-32-24-10-8-22(25(19-24)33-2)9-11-26(31)29-15-4-12-27(14-17-29)13-5-16-30(27)20-21-6-3-7-23(28)18-21/h3,6-8,10,18-19H,4-5,9,11-17,20H2,1-2H3. The van der Waals surface area contributed by atoms with Crippen LogP contribution >= 0.6 is 0 Å². The molecule has 1 spiro atoms. The van der Waals surface area contributed by atoms with Crippen LogP contribution < -0.4 is 9.47 Å². The summed E-state index contributed by atoms with van der Waals surface area (Å²) in [5, 5.41) is 0. The van der Waals surface area contributed by atoms with E-state index in [4.69, 9.17) is 9.47 Å². The number of halogens is 1. The summed E-state index contributed by atoms with van der Waals surface area (Å²) in [4.78, 5) is 17.7. The maximum atomic E-state index is 13.7. The first-order valence-corrected chi connectivity index (χ1v) is 12.0. The molecule has 1 unspecified atom stereocenters. The highest BCUT2D eigenvalue weighted by Crippen LogP contribution is 2.39. The number of benzene rings is 2. The third-order valence-corrected chi connectivity index (χ3v) is 7.38. The Morgan fingerprint density at radius 2 is 1.82 bits per heavy atom. The van der Waals surface area contributed by atoms with Gasteiger partial charge in [-0.3, -0.25) is 9.69 Å². The highest BCUT2D eigenvalue weighted by molar-refractivity contribution is 5.76. The van der Waals surface area contributed by atoms with Crippen LogP contribution in [0.2, 0.25) is 0 Å². The van der Waals surface area contributed by atoms with Gasteiger partial charge in [-0.05, 0) is 74.4 Å². The molecule has 0 N–H and O–H groups in total. The number of ether oxygens (including phenoxy) is 2. The predicted octanol–water partition coefficient (Wildman–Crippen LogP) is 4.82. The summed E-state index contributed by atoms with van der Waals surface area (Å²) < 4.78 is 24.4. The number of rotatable bonds is 7. The minimum Gasteiger partial charge on any atom is -0.497 e. The lowest BCUT2D eigenvalue weighted by molar-refractivity contribution is -0.131. The SMILES string of the molecule is COc1ccc(CCC(=O)N2CCCC3(CCCN3Cc3cccc(F)c3)CC2)c(OC)c1. The molecule has 178 valence electrons. The molecular weight excluding hydrogens is 419 g/mol. The van der Waals surface area contributed by atoms with Gasteiger partial charge in [0.2, 0.25) is 5.91 Å². The lowest BCUT2D eigenvalue weighted by Gasteiger charge is -2.38. The normalized spacial score (nSPS) is 21.2. The summed E-state index contributed by atoms with van der Waals surface area (Å²) in [5.41, 5.74) is 2.18. The van der Waals surface area contributed by atoms with Crippen molar-refractivity contribution >= 4 is 5.91 Å². The second kappa shape index (κ2) is 10.6. The molecule has 2 aromatic carbocycles. The third-order valence-electron chi connectivity index (χ3n) is 7.38. The number of nitrogens with zero attached hydrogens (tertiary/aromatic N) is 2. The molecule has 0 bridgehead atoms. The number of amides is 1. The molecule has 0 saturated carbocycles. The molecule has 6 heteroatoms. The van der Waals surface area contributed by atoms with Crippen LogP contribution in [0.1, 0.15) is 49.7 Å². The first-order chi connectivity index (χ1) is 16.0. The summed E-state index contributed by atoms with van der Waals surface area (Å²) in [6, 6.07) is 12.7. The van der Waals surface area contributed by atoms with Gasteiger partial charge in [-0.2, -0.15) is 0 Å². The van der Waals surface area contributed by atoms with Gasteiger partial charge in [0.25, 0.3) is 0 Å². The lowest BCUT2D eigenvalue weighted by Crippen LogP contribution is -2.44. The van der Waals surface area contributed by atoms with Crippen molar-refractivity contribution in [1.82, 2.24) is 9.80 Å². The molecule has 5 nitrogen and oxygen atoms in total. The van der Waals surface area contributed by atoms with Crippen LogP contribution in [0.15, 0.2) is 42.5 Å². The maximum absolute atomic E-state index is 13.7. The van der Waals surface area contributed by atoms with E-state index in [-0.39, 0.29) is 17.3 Å². The zero-order valence-electron chi connectivity index (χ0n) is 19.8. The minimum absolute atomic E-state index is 0.126. The van der Waals surface area contributed by atoms with Crippen LogP contribution in [-0.4, -0.2) is 55.1 Å². The number of carbonyl (C=O) groups is 1. The molecular formula is C27H35FN2O3. The molecule has 1 atom stereocenters. The van der Waals surface area contributed by atoms with Gasteiger partial charge in [-0.25, -0.2) is 4.39 Å². The van der Waals surface area contributed by atoms with Gasteiger partial charge in [0.1, 0.15) is 17.3 Å². The Hall–Kier alpha value is -2.60. The molecule has 2 fully saturated rings. The molecule has 0 aliphatic carbocycles. The minimum atomic E-state index is -0.174. The van der Waals surface area contributed by atoms with Crippen LogP contribution in [-0.2, 0) is 17.8 Å². The van der Waals surface area contributed by atoms with Crippen LogP contribution in [0.4, 0.5) is 4.39 Å². The Bertz CT molecular complexity index is 966. The van der Waals surface area contributed by atoms with E-state index in [1.165, 1.54) is 12.5 Å². The van der Waals surface area contributed by atoms with Crippen LogP contribution in [0.5, 0.6) is 11.5 Å². The molecule has 2 aromatic rings. The van der Waals surface area contributed by atoms with E-state index in [1.807, 2.05) is 29.2 Å². The number of hydrogen-bond acceptors (Lipinski definition) is 4. The molecule has 2 aliphatic heterocycles. The second-order valence-corrected chi connectivity index (χ2v) is 9.29. The Balaban J connectivity index is 1.36. The van der Waals surface area contributed by atoms with Gasteiger partial charge in [0.05, 0.1) is 14.2 Å². The molecule has 0 radical (unpaired) electrons. The zero-order chi connectivity index (χ0) is 23.3. The monoisotopic (exact) mass is 454 g/mol. The van der Waals surface area contributed by atoms with Crippen molar-refractivity contribution < 1.29 is 18.7 Å². The van der Waals surface area contributed by atoms with E-state index in [1.54, 1.807) is 26.4 Å². The highest BCUT2D eigenvalue weighted by Gasteiger charge is 2.42. The third kappa shape index (κ3) is 5.49. The topological polar surface area (TPSA) is 42.0 Å². The van der Waals surface area contributed by atoms with Gasteiger partial charge in [-0.15, -0.1) is 0 Å². The average molecular weight is 455 g/mol. The average Bonchev–Trinajstić information content (AvgIpc) is 3.07. The summed E-state index contributed by atoms with van der Waals surface area (Å²) in [6.45, 7) is 3.43. The fourth-order valence-electron chi connectivity index (χ4n) is 5.55. The molecule has 4 rings (SSSR count). The molecule has 2 saturated heterocycles. The van der Waals surface area contributed by atoms with E-state index >= 15 is 0 Å². The van der Waals surface area contributed by atoms with Crippen molar-refractivity contribution in [2.75, 3.05) is 33.9 Å². The summed E-state index contributed by atoms with van der Waals surface area (Å²) >= 11 is 0.